The van der Waals surface area contributed by atoms with E-state index in [9.17, 15) is 18.8 Å². The Kier molecular flexibility index (Phi) is 6.22. The molecule has 2 aromatic rings. The number of hydrogen-bond acceptors (Lipinski definition) is 3. The van der Waals surface area contributed by atoms with Gasteiger partial charge in [-0.1, -0.05) is 38.1 Å². The van der Waals surface area contributed by atoms with Gasteiger partial charge in [0.05, 0.1) is 5.56 Å². The average Bonchev–Trinajstić information content (AvgIpc) is 2.59. The van der Waals surface area contributed by atoms with Crippen LogP contribution in [0.1, 0.15) is 41.5 Å². The fourth-order valence-corrected chi connectivity index (χ4v) is 2.44. The molecule has 6 heteroatoms. The van der Waals surface area contributed by atoms with Gasteiger partial charge in [-0.25, -0.2) is 4.39 Å². The van der Waals surface area contributed by atoms with E-state index in [0.717, 1.165) is 0 Å². The highest BCUT2D eigenvalue weighted by molar-refractivity contribution is 6.02. The molecule has 2 N–H and O–H groups in total. The zero-order chi connectivity index (χ0) is 19.3. The standard InChI is InChI=1S/C20H21FN2O3/c1-12(2)18(23-19(25)16-9-4-5-10-17(16)21)20(26)22-15-8-6-7-14(11-15)13(3)24/h4-12,18H,1-3H3,(H,22,26)(H,23,25)/t18-/m0/s1. The predicted octanol–water partition coefficient (Wildman–Crippen LogP) is 3.42. The van der Waals surface area contributed by atoms with Crippen LogP contribution in [0.5, 0.6) is 0 Å². The minimum atomic E-state index is -0.858. The molecule has 0 saturated heterocycles. The normalized spacial score (nSPS) is 11.7. The summed E-state index contributed by atoms with van der Waals surface area (Å²) in [5.41, 5.74) is 0.803. The topological polar surface area (TPSA) is 75.3 Å². The van der Waals surface area contributed by atoms with Crippen molar-refractivity contribution >= 4 is 23.3 Å². The summed E-state index contributed by atoms with van der Waals surface area (Å²) in [5.74, 6) is -2.09. The summed E-state index contributed by atoms with van der Waals surface area (Å²) < 4.78 is 13.8. The van der Waals surface area contributed by atoms with Crippen LogP contribution in [0.25, 0.3) is 0 Å². The molecule has 0 bridgehead atoms. The van der Waals surface area contributed by atoms with Gasteiger partial charge in [0.25, 0.3) is 5.91 Å². The van der Waals surface area contributed by atoms with Gasteiger partial charge < -0.3 is 10.6 Å². The van der Waals surface area contributed by atoms with Gasteiger partial charge >= 0.3 is 0 Å². The molecule has 0 fully saturated rings. The molecule has 2 aromatic carbocycles. The fourth-order valence-electron chi connectivity index (χ4n) is 2.44. The van der Waals surface area contributed by atoms with Crippen molar-refractivity contribution < 1.29 is 18.8 Å². The molecule has 0 aliphatic carbocycles. The van der Waals surface area contributed by atoms with Crippen LogP contribution in [-0.2, 0) is 4.79 Å². The monoisotopic (exact) mass is 356 g/mol. The number of anilines is 1. The number of hydrogen-bond donors (Lipinski definition) is 2. The van der Waals surface area contributed by atoms with E-state index in [1.807, 2.05) is 0 Å². The zero-order valence-corrected chi connectivity index (χ0v) is 14.9. The minimum Gasteiger partial charge on any atom is -0.340 e. The second kappa shape index (κ2) is 8.38. The molecule has 136 valence electrons. The summed E-state index contributed by atoms with van der Waals surface area (Å²) in [6, 6.07) is 11.3. The zero-order valence-electron chi connectivity index (χ0n) is 14.9. The number of carbonyl (C=O) groups excluding carboxylic acids is 3. The van der Waals surface area contributed by atoms with Crippen molar-refractivity contribution in [1.29, 1.82) is 0 Å². The Labute approximate surface area is 151 Å². The second-order valence-corrected chi connectivity index (χ2v) is 6.30. The molecule has 1 atom stereocenters. The molecule has 0 spiro atoms. The summed E-state index contributed by atoms with van der Waals surface area (Å²) in [6.45, 7) is 4.99. The Bertz CT molecular complexity index is 833. The van der Waals surface area contributed by atoms with Crippen LogP contribution >= 0.6 is 0 Å². The Balaban J connectivity index is 2.15. The first-order chi connectivity index (χ1) is 12.3. The van der Waals surface area contributed by atoms with E-state index in [4.69, 9.17) is 0 Å². The molecule has 0 aromatic heterocycles. The van der Waals surface area contributed by atoms with Crippen LogP contribution in [0.2, 0.25) is 0 Å². The van der Waals surface area contributed by atoms with Crippen LogP contribution in [0, 0.1) is 11.7 Å². The van der Waals surface area contributed by atoms with Crippen LogP contribution < -0.4 is 10.6 Å². The van der Waals surface area contributed by atoms with Crippen molar-refractivity contribution in [3.63, 3.8) is 0 Å². The number of benzene rings is 2. The molecule has 0 aliphatic rings. The molecule has 0 radical (unpaired) electrons. The Hall–Kier alpha value is -3.02. The van der Waals surface area contributed by atoms with Crippen molar-refractivity contribution in [2.45, 2.75) is 26.8 Å². The van der Waals surface area contributed by atoms with E-state index >= 15 is 0 Å². The van der Waals surface area contributed by atoms with E-state index in [0.29, 0.717) is 11.3 Å². The molecule has 2 rings (SSSR count). The molecular formula is C20H21FN2O3. The number of carbonyl (C=O) groups is 3. The van der Waals surface area contributed by atoms with Gasteiger partial charge in [-0.05, 0) is 37.1 Å². The lowest BCUT2D eigenvalue weighted by atomic mass is 10.0. The molecule has 2 amide bonds. The fraction of sp³-hybridized carbons (Fsp3) is 0.250. The van der Waals surface area contributed by atoms with Gasteiger partial charge in [-0.3, -0.25) is 14.4 Å². The van der Waals surface area contributed by atoms with Gasteiger partial charge in [0.15, 0.2) is 5.78 Å². The lowest BCUT2D eigenvalue weighted by molar-refractivity contribution is -0.118. The number of ketones is 1. The molecular weight excluding hydrogens is 335 g/mol. The van der Waals surface area contributed by atoms with Crippen LogP contribution in [-0.4, -0.2) is 23.6 Å². The maximum atomic E-state index is 13.8. The van der Waals surface area contributed by atoms with Crippen LogP contribution in [0.3, 0.4) is 0 Å². The highest BCUT2D eigenvalue weighted by atomic mass is 19.1. The van der Waals surface area contributed by atoms with Crippen molar-refractivity contribution in [3.05, 3.63) is 65.5 Å². The SMILES string of the molecule is CC(=O)c1cccc(NC(=O)[C@@H](NC(=O)c2ccccc2F)C(C)C)c1. The van der Waals surface area contributed by atoms with Crippen molar-refractivity contribution in [2.75, 3.05) is 5.32 Å². The molecule has 0 saturated carbocycles. The molecule has 26 heavy (non-hydrogen) atoms. The van der Waals surface area contributed by atoms with E-state index < -0.39 is 23.7 Å². The van der Waals surface area contributed by atoms with Crippen molar-refractivity contribution in [1.82, 2.24) is 5.32 Å². The molecule has 0 heterocycles. The van der Waals surface area contributed by atoms with E-state index in [2.05, 4.69) is 10.6 Å². The summed E-state index contributed by atoms with van der Waals surface area (Å²) >= 11 is 0. The Morgan fingerprint density at radius 3 is 2.31 bits per heavy atom. The predicted molar refractivity (Wildman–Crippen MR) is 97.6 cm³/mol. The first-order valence-corrected chi connectivity index (χ1v) is 8.27. The first-order valence-electron chi connectivity index (χ1n) is 8.27. The lowest BCUT2D eigenvalue weighted by Gasteiger charge is -2.22. The van der Waals surface area contributed by atoms with Crippen molar-refractivity contribution in [3.8, 4) is 0 Å². The smallest absolute Gasteiger partial charge is 0.254 e. The minimum absolute atomic E-state index is 0.116. The van der Waals surface area contributed by atoms with Gasteiger partial charge in [0, 0.05) is 11.3 Å². The number of nitrogens with one attached hydrogen (secondary N) is 2. The maximum Gasteiger partial charge on any atom is 0.254 e. The van der Waals surface area contributed by atoms with E-state index in [-0.39, 0.29) is 17.3 Å². The van der Waals surface area contributed by atoms with E-state index in [1.54, 1.807) is 44.2 Å². The average molecular weight is 356 g/mol. The van der Waals surface area contributed by atoms with Crippen LogP contribution in [0.4, 0.5) is 10.1 Å². The number of Topliss-reactive ketones (excluding diaryl/α,β-unsaturated/α-hetero) is 1. The van der Waals surface area contributed by atoms with Crippen LogP contribution in [0.15, 0.2) is 48.5 Å². The number of amides is 2. The molecule has 5 nitrogen and oxygen atoms in total. The second-order valence-electron chi connectivity index (χ2n) is 6.30. The number of halogens is 1. The number of rotatable bonds is 6. The molecule has 0 unspecified atom stereocenters. The van der Waals surface area contributed by atoms with Gasteiger partial charge in [-0.2, -0.15) is 0 Å². The summed E-state index contributed by atoms with van der Waals surface area (Å²) in [5, 5.41) is 5.26. The molecule has 0 aliphatic heterocycles. The Morgan fingerprint density at radius 2 is 1.69 bits per heavy atom. The highest BCUT2D eigenvalue weighted by Crippen LogP contribution is 2.14. The largest absolute Gasteiger partial charge is 0.340 e. The third-order valence-electron chi connectivity index (χ3n) is 3.89. The van der Waals surface area contributed by atoms with Gasteiger partial charge in [0.2, 0.25) is 5.91 Å². The first kappa shape index (κ1) is 19.3. The third-order valence-corrected chi connectivity index (χ3v) is 3.89. The van der Waals surface area contributed by atoms with Gasteiger partial charge in [-0.15, -0.1) is 0 Å². The summed E-state index contributed by atoms with van der Waals surface area (Å²) in [6.07, 6.45) is 0. The van der Waals surface area contributed by atoms with Crippen molar-refractivity contribution in [2.24, 2.45) is 5.92 Å². The summed E-state index contributed by atoms with van der Waals surface area (Å²) in [4.78, 5) is 36.3. The lowest BCUT2D eigenvalue weighted by Crippen LogP contribution is -2.47. The third kappa shape index (κ3) is 4.75. The van der Waals surface area contributed by atoms with E-state index in [1.165, 1.54) is 25.1 Å². The quantitative estimate of drug-likeness (QED) is 0.779. The van der Waals surface area contributed by atoms with Gasteiger partial charge in [0.1, 0.15) is 11.9 Å². The highest BCUT2D eigenvalue weighted by Gasteiger charge is 2.25. The maximum absolute atomic E-state index is 13.8. The summed E-state index contributed by atoms with van der Waals surface area (Å²) in [7, 11) is 0. The Morgan fingerprint density at radius 1 is 1.00 bits per heavy atom.